The normalized spacial score (nSPS) is 22.3. The van der Waals surface area contributed by atoms with Crippen LogP contribution in [0.15, 0.2) is 18.2 Å². The number of carbonyl (C=O) groups is 1. The van der Waals surface area contributed by atoms with Crippen LogP contribution in [0.5, 0.6) is 5.75 Å². The monoisotopic (exact) mass is 269 g/mol. The van der Waals surface area contributed by atoms with Gasteiger partial charge in [0.1, 0.15) is 5.75 Å². The summed E-state index contributed by atoms with van der Waals surface area (Å²) < 4.78 is 5.42. The van der Waals surface area contributed by atoms with Crippen molar-refractivity contribution >= 4 is 17.5 Å². The van der Waals surface area contributed by atoms with Crippen LogP contribution >= 0.6 is 11.6 Å². The Hall–Kier alpha value is -1.26. The van der Waals surface area contributed by atoms with E-state index in [-0.39, 0.29) is 29.4 Å². The number of rotatable bonds is 4. The third-order valence-electron chi connectivity index (χ3n) is 3.04. The lowest BCUT2D eigenvalue weighted by Crippen LogP contribution is -2.47. The van der Waals surface area contributed by atoms with Crippen molar-refractivity contribution in [3.05, 3.63) is 28.8 Å². The molecule has 0 radical (unpaired) electrons. The molecule has 0 spiro atoms. The minimum Gasteiger partial charge on any atom is -0.507 e. The van der Waals surface area contributed by atoms with Gasteiger partial charge in [0, 0.05) is 17.7 Å². The molecule has 18 heavy (non-hydrogen) atoms. The maximum atomic E-state index is 11.9. The van der Waals surface area contributed by atoms with Crippen molar-refractivity contribution in [3.8, 4) is 5.75 Å². The predicted octanol–water partition coefficient (Wildman–Crippen LogP) is 2.34. The average molecular weight is 270 g/mol. The molecule has 2 N–H and O–H groups in total. The maximum Gasteiger partial charge on any atom is 0.255 e. The number of hydrogen-bond acceptors (Lipinski definition) is 3. The standard InChI is InChI=1S/C13H16ClNO3/c1-2-18-10-6-9(7-10)15-13(17)11-5-8(14)3-4-12(11)16/h3-5,9-10,16H,2,6-7H2,1H3,(H,15,17). The highest BCUT2D eigenvalue weighted by molar-refractivity contribution is 6.31. The fourth-order valence-corrected chi connectivity index (χ4v) is 2.18. The Bertz CT molecular complexity index is 444. The summed E-state index contributed by atoms with van der Waals surface area (Å²) in [5, 5.41) is 12.9. The van der Waals surface area contributed by atoms with E-state index in [1.807, 2.05) is 6.92 Å². The van der Waals surface area contributed by atoms with Gasteiger partial charge in [0.2, 0.25) is 0 Å². The largest absolute Gasteiger partial charge is 0.507 e. The number of benzene rings is 1. The summed E-state index contributed by atoms with van der Waals surface area (Å²) in [5.41, 5.74) is 0.211. The Kier molecular flexibility index (Phi) is 4.09. The fraction of sp³-hybridized carbons (Fsp3) is 0.462. The number of nitrogens with one attached hydrogen (secondary N) is 1. The second-order valence-electron chi connectivity index (χ2n) is 4.38. The van der Waals surface area contributed by atoms with E-state index in [1.165, 1.54) is 12.1 Å². The lowest BCUT2D eigenvalue weighted by atomic mass is 9.89. The first kappa shape index (κ1) is 13.2. The van der Waals surface area contributed by atoms with Gasteiger partial charge in [-0.25, -0.2) is 0 Å². The van der Waals surface area contributed by atoms with Crippen LogP contribution in [0.25, 0.3) is 0 Å². The molecular weight excluding hydrogens is 254 g/mol. The third-order valence-corrected chi connectivity index (χ3v) is 3.27. The molecule has 1 saturated carbocycles. The number of aromatic hydroxyl groups is 1. The molecule has 0 aromatic heterocycles. The van der Waals surface area contributed by atoms with Crippen LogP contribution in [0, 0.1) is 0 Å². The predicted molar refractivity (Wildman–Crippen MR) is 69.0 cm³/mol. The smallest absolute Gasteiger partial charge is 0.255 e. The van der Waals surface area contributed by atoms with Crippen molar-refractivity contribution in [1.82, 2.24) is 5.32 Å². The van der Waals surface area contributed by atoms with E-state index >= 15 is 0 Å². The molecule has 98 valence electrons. The zero-order chi connectivity index (χ0) is 13.1. The van der Waals surface area contributed by atoms with Gasteiger partial charge in [0.25, 0.3) is 5.91 Å². The number of halogens is 1. The topological polar surface area (TPSA) is 58.6 Å². The molecule has 5 heteroatoms. The van der Waals surface area contributed by atoms with Crippen LogP contribution in [-0.2, 0) is 4.74 Å². The quantitative estimate of drug-likeness (QED) is 0.882. The third kappa shape index (κ3) is 2.94. The maximum absolute atomic E-state index is 11.9. The second kappa shape index (κ2) is 5.59. The number of carbonyl (C=O) groups excluding carboxylic acids is 1. The molecule has 1 amide bonds. The Labute approximate surface area is 111 Å². The molecule has 1 aliphatic rings. The van der Waals surface area contributed by atoms with E-state index in [2.05, 4.69) is 5.32 Å². The summed E-state index contributed by atoms with van der Waals surface area (Å²) in [6, 6.07) is 4.54. The number of phenolic OH excluding ortho intramolecular Hbond substituents is 1. The van der Waals surface area contributed by atoms with Gasteiger partial charge in [-0.3, -0.25) is 4.79 Å². The number of amides is 1. The highest BCUT2D eigenvalue weighted by Crippen LogP contribution is 2.25. The van der Waals surface area contributed by atoms with Gasteiger partial charge >= 0.3 is 0 Å². The van der Waals surface area contributed by atoms with Gasteiger partial charge < -0.3 is 15.2 Å². The highest BCUT2D eigenvalue weighted by Gasteiger charge is 2.31. The zero-order valence-corrected chi connectivity index (χ0v) is 10.9. The van der Waals surface area contributed by atoms with E-state index < -0.39 is 0 Å². The first-order valence-electron chi connectivity index (χ1n) is 6.01. The molecule has 0 heterocycles. The lowest BCUT2D eigenvalue weighted by molar-refractivity contribution is -0.00863. The summed E-state index contributed by atoms with van der Waals surface area (Å²) in [5.74, 6) is -0.354. The lowest BCUT2D eigenvalue weighted by Gasteiger charge is -2.35. The van der Waals surface area contributed by atoms with Crippen LogP contribution in [0.4, 0.5) is 0 Å². The summed E-state index contributed by atoms with van der Waals surface area (Å²) in [6.07, 6.45) is 1.88. The summed E-state index contributed by atoms with van der Waals surface area (Å²) in [4.78, 5) is 11.9. The van der Waals surface area contributed by atoms with Crippen molar-refractivity contribution in [2.75, 3.05) is 6.61 Å². The van der Waals surface area contributed by atoms with Crippen molar-refractivity contribution in [2.45, 2.75) is 31.9 Å². The molecule has 0 aliphatic heterocycles. The molecule has 0 unspecified atom stereocenters. The number of ether oxygens (including phenoxy) is 1. The molecule has 1 aliphatic carbocycles. The van der Waals surface area contributed by atoms with Gasteiger partial charge in [0.05, 0.1) is 11.7 Å². The Morgan fingerprint density at radius 2 is 2.28 bits per heavy atom. The van der Waals surface area contributed by atoms with Crippen LogP contribution in [0.3, 0.4) is 0 Å². The van der Waals surface area contributed by atoms with Crippen LogP contribution in [-0.4, -0.2) is 29.8 Å². The minimum atomic E-state index is -0.296. The fourth-order valence-electron chi connectivity index (χ4n) is 2.01. The average Bonchev–Trinajstić information content (AvgIpc) is 2.29. The molecular formula is C13H16ClNO3. The van der Waals surface area contributed by atoms with E-state index in [1.54, 1.807) is 6.07 Å². The Morgan fingerprint density at radius 3 is 2.94 bits per heavy atom. The summed E-state index contributed by atoms with van der Waals surface area (Å²) in [6.45, 7) is 2.65. The second-order valence-corrected chi connectivity index (χ2v) is 4.82. The molecule has 0 bridgehead atoms. The zero-order valence-electron chi connectivity index (χ0n) is 10.1. The summed E-state index contributed by atoms with van der Waals surface area (Å²) in [7, 11) is 0. The van der Waals surface area contributed by atoms with E-state index in [9.17, 15) is 9.90 Å². The molecule has 1 fully saturated rings. The minimum absolute atomic E-state index is 0.0578. The molecule has 0 atom stereocenters. The van der Waals surface area contributed by atoms with Gasteiger partial charge in [-0.05, 0) is 38.0 Å². The molecule has 1 aromatic rings. The number of phenols is 1. The first-order chi connectivity index (χ1) is 8.60. The molecule has 0 saturated heterocycles. The van der Waals surface area contributed by atoms with Gasteiger partial charge in [-0.15, -0.1) is 0 Å². The number of hydrogen-bond donors (Lipinski definition) is 2. The first-order valence-corrected chi connectivity index (χ1v) is 6.39. The van der Waals surface area contributed by atoms with Gasteiger partial charge in [-0.2, -0.15) is 0 Å². The van der Waals surface area contributed by atoms with Crippen molar-refractivity contribution in [2.24, 2.45) is 0 Å². The molecule has 4 nitrogen and oxygen atoms in total. The van der Waals surface area contributed by atoms with E-state index in [4.69, 9.17) is 16.3 Å². The summed E-state index contributed by atoms with van der Waals surface area (Å²) >= 11 is 5.80. The Morgan fingerprint density at radius 1 is 1.56 bits per heavy atom. The van der Waals surface area contributed by atoms with E-state index in [0.29, 0.717) is 11.6 Å². The highest BCUT2D eigenvalue weighted by atomic mass is 35.5. The SMILES string of the molecule is CCOC1CC(NC(=O)c2cc(Cl)ccc2O)C1. The van der Waals surface area contributed by atoms with Gasteiger partial charge in [0.15, 0.2) is 0 Å². The van der Waals surface area contributed by atoms with Crippen molar-refractivity contribution in [1.29, 1.82) is 0 Å². The van der Waals surface area contributed by atoms with Crippen LogP contribution in [0.2, 0.25) is 5.02 Å². The van der Waals surface area contributed by atoms with Crippen molar-refractivity contribution in [3.63, 3.8) is 0 Å². The Balaban J connectivity index is 1.91. The molecule has 1 aromatic carbocycles. The van der Waals surface area contributed by atoms with Gasteiger partial charge in [-0.1, -0.05) is 11.6 Å². The van der Waals surface area contributed by atoms with Crippen LogP contribution < -0.4 is 5.32 Å². The van der Waals surface area contributed by atoms with E-state index in [0.717, 1.165) is 12.8 Å². The molecule has 2 rings (SSSR count). The van der Waals surface area contributed by atoms with Crippen molar-refractivity contribution < 1.29 is 14.6 Å². The van der Waals surface area contributed by atoms with Crippen LogP contribution in [0.1, 0.15) is 30.1 Å².